The van der Waals surface area contributed by atoms with E-state index in [4.69, 9.17) is 19.9 Å². The summed E-state index contributed by atoms with van der Waals surface area (Å²) in [4.78, 5) is 159. The molecule has 2 N–H and O–H groups in total. The Kier molecular flexibility index (Phi) is 23.5. The molecule has 146 heavy (non-hydrogen) atoms. The number of aryl methyl sites for hydroxylation is 2. The Morgan fingerprint density at radius 3 is 0.822 bits per heavy atom. The summed E-state index contributed by atoms with van der Waals surface area (Å²) >= 11 is 9.11. The van der Waals surface area contributed by atoms with E-state index in [-0.39, 0.29) is 57.1 Å². The average Bonchev–Trinajstić information content (AvgIpc) is 1.54. The maximum absolute atomic E-state index is 13.7. The lowest BCUT2D eigenvalue weighted by Gasteiger charge is -2.19. The van der Waals surface area contributed by atoms with Crippen molar-refractivity contribution in [2.75, 3.05) is 0 Å². The van der Waals surface area contributed by atoms with Crippen LogP contribution in [0.25, 0.3) is 180 Å². The van der Waals surface area contributed by atoms with Gasteiger partial charge in [-0.2, -0.15) is 0 Å². The molecule has 25 aromatic rings. The highest BCUT2D eigenvalue weighted by Crippen LogP contribution is 2.52. The van der Waals surface area contributed by atoms with E-state index in [9.17, 15) is 47.9 Å². The number of hydrogen-bond donors (Lipinski definition) is 2. The third-order valence-corrected chi connectivity index (χ3v) is 34.1. The van der Waals surface area contributed by atoms with Gasteiger partial charge in [-0.25, -0.2) is 19.9 Å². The smallest absolute Gasteiger partial charge is 0.197 e. The van der Waals surface area contributed by atoms with Crippen LogP contribution < -0.4 is 10.9 Å². The first-order chi connectivity index (χ1) is 71.4. The number of hydrogen-bond acceptors (Lipinski definition) is 20. The molecule has 5 aliphatic carbocycles. The molecule has 30 rings (SSSR count). The lowest BCUT2D eigenvalue weighted by molar-refractivity contribution is 0.0980. The van der Waals surface area contributed by atoms with Crippen LogP contribution in [-0.4, -0.2) is 76.2 Å². The van der Waals surface area contributed by atoms with Gasteiger partial charge in [0, 0.05) is 152 Å². The van der Waals surface area contributed by atoms with Gasteiger partial charge in [-0.3, -0.25) is 47.9 Å². The van der Waals surface area contributed by atoms with Gasteiger partial charge in [-0.05, 0) is 145 Å². The fraction of sp³-hybridized carbons (Fsp3) is 0.0806. The summed E-state index contributed by atoms with van der Waals surface area (Å²) in [5.41, 5.74) is 21.9. The van der Waals surface area contributed by atoms with E-state index in [2.05, 4.69) is 58.5 Å². The number of nitrogens with one attached hydrogen (secondary N) is 2. The van der Waals surface area contributed by atoms with Crippen LogP contribution in [0.5, 0.6) is 0 Å². The summed E-state index contributed by atoms with van der Waals surface area (Å²) in [6.45, 7) is 19.9. The minimum atomic E-state index is -0.197. The molecule has 17 aromatic carbocycles. The molecular formula is C124H82N6O10S6. The van der Waals surface area contributed by atoms with Crippen LogP contribution >= 0.6 is 68.0 Å². The molecule has 8 aromatic heterocycles. The van der Waals surface area contributed by atoms with Gasteiger partial charge < -0.3 is 9.97 Å². The first-order valence-corrected chi connectivity index (χ1v) is 53.2. The summed E-state index contributed by atoms with van der Waals surface area (Å²) in [6, 6.07) is 95.6. The molecule has 0 unspecified atom stereocenters. The Labute approximate surface area is 857 Å². The number of aromatic nitrogens is 6. The Morgan fingerprint density at radius 2 is 0.473 bits per heavy atom. The zero-order chi connectivity index (χ0) is 101. The number of rotatable bonds is 3. The van der Waals surface area contributed by atoms with E-state index in [1.54, 1.807) is 120 Å². The fourth-order valence-corrected chi connectivity index (χ4v) is 27.6. The monoisotopic (exact) mass is 2010 g/mol. The zero-order valence-electron chi connectivity index (χ0n) is 80.2. The quantitative estimate of drug-likeness (QED) is 0.156. The molecule has 0 bridgehead atoms. The molecule has 0 aliphatic heterocycles. The predicted octanol–water partition coefficient (Wildman–Crippen LogP) is 31.1. The van der Waals surface area contributed by atoms with E-state index < -0.39 is 0 Å². The molecule has 8 heterocycles. The Bertz CT molecular complexity index is 9700. The van der Waals surface area contributed by atoms with Gasteiger partial charge in [0.15, 0.2) is 67.1 Å². The number of aromatic amines is 2. The molecule has 16 nitrogen and oxygen atoms in total. The van der Waals surface area contributed by atoms with Crippen molar-refractivity contribution in [3.05, 3.63) is 433 Å². The highest BCUT2D eigenvalue weighted by molar-refractivity contribution is 7.28. The van der Waals surface area contributed by atoms with Crippen LogP contribution in [0.2, 0.25) is 0 Å². The van der Waals surface area contributed by atoms with Crippen molar-refractivity contribution in [3.63, 3.8) is 0 Å². The lowest BCUT2D eigenvalue weighted by atomic mass is 9.82. The Balaban J connectivity index is 0.000000106. The van der Waals surface area contributed by atoms with Gasteiger partial charge in [0.05, 0.1) is 83.2 Å². The molecule has 5 aliphatic rings. The number of thiazole rings is 4. The normalized spacial score (nSPS) is 12.9. The van der Waals surface area contributed by atoms with E-state index in [1.807, 2.05) is 227 Å². The Hall–Kier alpha value is -16.7. The van der Waals surface area contributed by atoms with Crippen LogP contribution in [0.3, 0.4) is 0 Å². The molecule has 22 heteroatoms. The van der Waals surface area contributed by atoms with Gasteiger partial charge >= 0.3 is 0 Å². The number of carbonyl (C=O) groups is 8. The molecule has 704 valence electrons. The minimum absolute atomic E-state index is 0.0239. The number of carbonyl (C=O) groups excluding carboxylic acids is 8. The second-order valence-electron chi connectivity index (χ2n) is 34.8. The second kappa shape index (κ2) is 36.9. The first-order valence-electron chi connectivity index (χ1n) is 48.3. The molecule has 0 amide bonds. The SMILES string of the molecule is CC.CC.CC.CC.Cc1ccc2[nH]c3cc4c(=O)c5cc(C)ccc5[nH]c4cc3c(=O)c2c1.O=C1c2ccc3nc(-c4ccccc4)sc3c2C(=O)c2ccc3nc(-c4ccccc4)sc3c21.O=C1c2ccccc2-c2ccc3s/c(=c4\sc5ccc6c7c(ccc4c57)C(=O)c4ccccc4-6)c4ccc1c2c34.O=C1c2ccccc2C(=O)c2c1ccc1nc(-c3nc4ccc5c(c4s3)C(=O)c3ccccc3C5=O)sc21. The number of nitrogens with zero attached hydrogens (tertiary/aromatic N) is 4. The third kappa shape index (κ3) is 14.6. The van der Waals surface area contributed by atoms with Gasteiger partial charge in [-0.15, -0.1) is 68.0 Å². The summed E-state index contributed by atoms with van der Waals surface area (Å²) < 4.78 is 7.63. The summed E-state index contributed by atoms with van der Waals surface area (Å²) in [7, 11) is 0. The van der Waals surface area contributed by atoms with Crippen LogP contribution in [0.15, 0.2) is 313 Å². The van der Waals surface area contributed by atoms with Crippen LogP contribution in [0.1, 0.15) is 194 Å². The van der Waals surface area contributed by atoms with Crippen molar-refractivity contribution < 1.29 is 38.4 Å². The van der Waals surface area contributed by atoms with Crippen LogP contribution in [-0.2, 0) is 0 Å². The highest BCUT2D eigenvalue weighted by atomic mass is 32.1. The van der Waals surface area contributed by atoms with E-state index in [0.29, 0.717) is 130 Å². The molecule has 0 saturated heterocycles. The van der Waals surface area contributed by atoms with Crippen molar-refractivity contribution in [2.24, 2.45) is 0 Å². The third-order valence-electron chi connectivity index (χ3n) is 27.0. The lowest BCUT2D eigenvalue weighted by Crippen LogP contribution is -2.21. The first kappa shape index (κ1) is 93.0. The largest absolute Gasteiger partial charge is 0.354 e. The highest BCUT2D eigenvalue weighted by Gasteiger charge is 2.39. The van der Waals surface area contributed by atoms with Gasteiger partial charge in [0.1, 0.15) is 10.0 Å². The van der Waals surface area contributed by atoms with Crippen molar-refractivity contribution in [1.82, 2.24) is 29.9 Å². The second-order valence-corrected chi connectivity index (χ2v) is 40.9. The number of fused-ring (bicyclic) bond motifs is 22. The molecular weight excluding hydrogens is 1930 g/mol. The van der Waals surface area contributed by atoms with Crippen molar-refractivity contribution in [2.45, 2.75) is 69.2 Å². The number of benzene rings is 17. The van der Waals surface area contributed by atoms with Crippen molar-refractivity contribution in [3.8, 4) is 53.4 Å². The molecule has 0 atom stereocenters. The van der Waals surface area contributed by atoms with Gasteiger partial charge in [0.25, 0.3) is 0 Å². The van der Waals surface area contributed by atoms with E-state index >= 15 is 0 Å². The van der Waals surface area contributed by atoms with Crippen LogP contribution in [0.4, 0.5) is 0 Å². The van der Waals surface area contributed by atoms with E-state index in [1.165, 1.54) is 85.4 Å². The van der Waals surface area contributed by atoms with Gasteiger partial charge in [0.2, 0.25) is 0 Å². The average molecular weight is 2010 g/mol. The summed E-state index contributed by atoms with van der Waals surface area (Å²) in [5, 5.41) is 12.2. The molecule has 0 fully saturated rings. The van der Waals surface area contributed by atoms with E-state index in [0.717, 1.165) is 119 Å². The summed E-state index contributed by atoms with van der Waals surface area (Å²) in [5.74, 6) is -0.807. The minimum Gasteiger partial charge on any atom is -0.354 e. The topological polar surface area (TPSA) is 254 Å². The predicted molar refractivity (Wildman–Crippen MR) is 600 cm³/mol. The fourth-order valence-electron chi connectivity index (χ4n) is 20.6. The number of H-pyrrole nitrogens is 2. The Morgan fingerprint density at radius 1 is 0.205 bits per heavy atom. The maximum atomic E-state index is 13.7. The number of ketones is 8. The molecule has 0 radical (unpaired) electrons. The van der Waals surface area contributed by atoms with Crippen molar-refractivity contribution in [1.29, 1.82) is 0 Å². The molecule has 0 spiro atoms. The van der Waals surface area contributed by atoms with Crippen molar-refractivity contribution >= 4 is 240 Å². The number of thiophene rings is 2. The standard InChI is InChI=1S/C36H16O2S2.C30H12N2O4S2.C28H14N2O2S2.C22H16N2O2.4C2H6/c37-33-21-7-3-1-5-17(21)19-13-15-27-31-25(11-9-23(33)29(19)31)35(39-27)36-26-12-10-24-30-20(14-16-28(40-36)32(26)30)18-6-2-4-8-22(18)34(24)38;33-23-13-5-1-3-7-15(13)25(35)21-17(23)9-11-19-27(21)37-29(31-19)30-32-20-12-10-18-22(28(20)38-30)26(36)16-8-4-2-6-14(16)24(18)34;31-23-18-12-14-20-26(34-28(30-20)16-9-5-2-6-10-16)22(18)24(32)17-11-13-19-25(21(17)23)33-27(29-19)15-7-3-1-4-8-15;1-11-3-5-17-13(7-11)21(25)15-9-20-16(10-19(15)23-17)22(26)14-8-12(2)4-6-18(14)24-20;4*1-2/h1-16H;1-12H;1-14H;3-10H,1-2H3,(H,23,25)(H,24,26);4*1-2H3/b36-35-;;;;;;;. The van der Waals surface area contributed by atoms with Crippen LogP contribution in [0, 0.1) is 22.9 Å². The zero-order valence-corrected chi connectivity index (χ0v) is 85.1. The van der Waals surface area contributed by atoms with Gasteiger partial charge in [-0.1, -0.05) is 261 Å². The summed E-state index contributed by atoms with van der Waals surface area (Å²) in [6.07, 6.45) is 0. The number of pyridine rings is 2. The molecule has 0 saturated carbocycles. The maximum Gasteiger partial charge on any atom is 0.197 e.